The van der Waals surface area contributed by atoms with Gasteiger partial charge in [0.1, 0.15) is 5.54 Å². The Morgan fingerprint density at radius 2 is 1.50 bits per heavy atom. The Balaban J connectivity index is 0.00000161. The molecule has 2 aromatic rings. The molecule has 0 radical (unpaired) electrons. The summed E-state index contributed by atoms with van der Waals surface area (Å²) in [6.07, 6.45) is -0.0189. The molecule has 0 fully saturated rings. The van der Waals surface area contributed by atoms with E-state index < -0.39 is 11.5 Å². The number of rotatable bonds is 8. The van der Waals surface area contributed by atoms with Crippen molar-refractivity contribution in [2.24, 2.45) is 5.92 Å². The van der Waals surface area contributed by atoms with Crippen molar-refractivity contribution in [2.75, 3.05) is 5.32 Å². The highest BCUT2D eigenvalue weighted by atomic mass is 79.9. The van der Waals surface area contributed by atoms with E-state index in [2.05, 4.69) is 27.3 Å². The maximum absolute atomic E-state index is 13.3. The minimum atomic E-state index is -1.17. The van der Waals surface area contributed by atoms with E-state index in [0.717, 1.165) is 21.3 Å². The molecule has 172 valence electrons. The molecule has 0 aliphatic carbocycles. The molecule has 0 bridgehead atoms. The molecule has 32 heavy (non-hydrogen) atoms. The van der Waals surface area contributed by atoms with E-state index in [0.29, 0.717) is 5.56 Å². The van der Waals surface area contributed by atoms with Crippen molar-refractivity contribution in [3.8, 4) is 0 Å². The van der Waals surface area contributed by atoms with Crippen molar-refractivity contribution in [1.82, 2.24) is 0 Å². The largest absolute Gasteiger partial charge is 0.461 e. The number of carbonyl (C=O) groups is 2. The van der Waals surface area contributed by atoms with Gasteiger partial charge in [-0.15, -0.1) is 0 Å². The summed E-state index contributed by atoms with van der Waals surface area (Å²) >= 11 is 3.39. The molecule has 1 unspecified atom stereocenters. The second-order valence-electron chi connectivity index (χ2n) is 8.27. The number of nitrogens with one attached hydrogen (secondary N) is 1. The van der Waals surface area contributed by atoms with Crippen LogP contribution in [0.3, 0.4) is 0 Å². The van der Waals surface area contributed by atoms with Crippen LogP contribution >= 0.6 is 15.9 Å². The summed E-state index contributed by atoms with van der Waals surface area (Å²) in [5, 5.41) is 3.39. The summed E-state index contributed by atoms with van der Waals surface area (Å²) < 4.78 is 6.50. The van der Waals surface area contributed by atoms with Gasteiger partial charge in [0.15, 0.2) is 5.78 Å². The van der Waals surface area contributed by atoms with Crippen LogP contribution in [0.15, 0.2) is 46.9 Å². The van der Waals surface area contributed by atoms with Gasteiger partial charge >= 0.3 is 12.1 Å². The molecular formula is C25H30BrNO5. The van der Waals surface area contributed by atoms with E-state index in [9.17, 15) is 9.59 Å². The van der Waals surface area contributed by atoms with Crippen LogP contribution in [0.5, 0.6) is 0 Å². The molecule has 6 nitrogen and oxygen atoms in total. The van der Waals surface area contributed by atoms with Crippen molar-refractivity contribution < 1.29 is 23.9 Å². The number of esters is 1. The molecule has 7 heteroatoms. The zero-order valence-electron chi connectivity index (χ0n) is 19.3. The Labute approximate surface area is 197 Å². The molecule has 0 saturated carbocycles. The second-order valence-corrected chi connectivity index (χ2v) is 9.19. The van der Waals surface area contributed by atoms with Crippen LogP contribution in [0.2, 0.25) is 0 Å². The van der Waals surface area contributed by atoms with Gasteiger partial charge in [-0.05, 0) is 69.0 Å². The van der Waals surface area contributed by atoms with Gasteiger partial charge in [-0.1, -0.05) is 48.0 Å². The lowest BCUT2D eigenvalue weighted by Crippen LogP contribution is -2.54. The fourth-order valence-electron chi connectivity index (χ4n) is 3.37. The minimum Gasteiger partial charge on any atom is -0.461 e. The lowest BCUT2D eigenvalue weighted by Gasteiger charge is -2.37. The highest BCUT2D eigenvalue weighted by molar-refractivity contribution is 9.10. The highest BCUT2D eigenvalue weighted by Gasteiger charge is 2.45. The first-order chi connectivity index (χ1) is 14.9. The molecule has 2 aromatic carbocycles. The Kier molecular flexibility index (Phi) is 10.5. The van der Waals surface area contributed by atoms with Gasteiger partial charge in [-0.2, -0.15) is 9.59 Å². The molecule has 0 aliphatic rings. The maximum Gasteiger partial charge on any atom is 0.373 e. The van der Waals surface area contributed by atoms with Gasteiger partial charge in [0.05, 0.1) is 6.10 Å². The van der Waals surface area contributed by atoms with Crippen LogP contribution in [0.25, 0.3) is 0 Å². The van der Waals surface area contributed by atoms with Crippen molar-refractivity contribution in [2.45, 2.75) is 59.6 Å². The third-order valence-corrected chi connectivity index (χ3v) is 5.42. The zero-order chi connectivity index (χ0) is 24.5. The highest BCUT2D eigenvalue weighted by Crippen LogP contribution is 2.31. The fourth-order valence-corrected chi connectivity index (χ4v) is 3.63. The number of aryl methyl sites for hydroxylation is 2. The third-order valence-electron chi connectivity index (χ3n) is 4.89. The van der Waals surface area contributed by atoms with Crippen molar-refractivity contribution >= 4 is 39.5 Å². The van der Waals surface area contributed by atoms with Gasteiger partial charge < -0.3 is 10.1 Å². The molecule has 0 spiro atoms. The van der Waals surface area contributed by atoms with E-state index in [1.165, 1.54) is 0 Å². The summed E-state index contributed by atoms with van der Waals surface area (Å²) in [4.78, 5) is 42.6. The van der Waals surface area contributed by atoms with Gasteiger partial charge in [-0.3, -0.25) is 4.79 Å². The molecular weight excluding hydrogens is 474 g/mol. The van der Waals surface area contributed by atoms with Crippen LogP contribution in [0.1, 0.15) is 55.6 Å². The van der Waals surface area contributed by atoms with Gasteiger partial charge in [0.2, 0.25) is 0 Å². The Morgan fingerprint density at radius 1 is 1.00 bits per heavy atom. The monoisotopic (exact) mass is 503 g/mol. The molecule has 0 aromatic heterocycles. The van der Waals surface area contributed by atoms with Crippen molar-refractivity contribution in [3.63, 3.8) is 0 Å². The summed E-state index contributed by atoms with van der Waals surface area (Å²) in [7, 11) is 0. The number of hydrogen-bond acceptors (Lipinski definition) is 6. The molecule has 0 aliphatic heterocycles. The molecule has 0 saturated heterocycles. The van der Waals surface area contributed by atoms with E-state index >= 15 is 0 Å². The van der Waals surface area contributed by atoms with Crippen LogP contribution in [0.4, 0.5) is 5.69 Å². The number of Topliss-reactive ketones (excluding diaryl/α,β-unsaturated/α-hetero) is 1. The van der Waals surface area contributed by atoms with Crippen LogP contribution < -0.4 is 5.32 Å². The van der Waals surface area contributed by atoms with Crippen LogP contribution in [0, 0.1) is 19.8 Å². The average molecular weight is 504 g/mol. The smallest absolute Gasteiger partial charge is 0.373 e. The zero-order valence-corrected chi connectivity index (χ0v) is 20.9. The number of halogens is 1. The predicted octanol–water partition coefficient (Wildman–Crippen LogP) is 5.51. The minimum absolute atomic E-state index is 0.00480. The molecule has 0 amide bonds. The average Bonchev–Trinajstić information content (AvgIpc) is 2.67. The summed E-state index contributed by atoms with van der Waals surface area (Å²) in [5.41, 5.74) is 2.37. The van der Waals surface area contributed by atoms with Gasteiger partial charge in [0, 0.05) is 22.1 Å². The first-order valence-electron chi connectivity index (χ1n) is 10.3. The van der Waals surface area contributed by atoms with E-state index in [1.807, 2.05) is 65.8 Å². The quantitative estimate of drug-likeness (QED) is 0.377. The third kappa shape index (κ3) is 7.74. The summed E-state index contributed by atoms with van der Waals surface area (Å²) in [6, 6.07) is 13.2. The van der Waals surface area contributed by atoms with Gasteiger partial charge in [-0.25, -0.2) is 4.79 Å². The normalized spacial score (nSPS) is 12.3. The van der Waals surface area contributed by atoms with E-state index in [-0.39, 0.29) is 30.4 Å². The standard InChI is InChI=1S/C24H30BrNO3.CO2/c1-15(2)24(23(28)29-16(3)4,26-21-12-17(5)11-18(6)13-21)14-22(27)19-7-9-20(25)10-8-19;2-1-3/h7-13,15-16,26H,14H2,1-6H3;. The first kappa shape index (κ1) is 27.3. The molecule has 1 N–H and O–H groups in total. The topological polar surface area (TPSA) is 89.5 Å². The van der Waals surface area contributed by atoms with Crippen molar-refractivity contribution in [1.29, 1.82) is 0 Å². The Morgan fingerprint density at radius 3 is 1.94 bits per heavy atom. The summed E-state index contributed by atoms with van der Waals surface area (Å²) in [5.74, 6) is -0.690. The van der Waals surface area contributed by atoms with Crippen LogP contribution in [-0.4, -0.2) is 29.5 Å². The first-order valence-corrected chi connectivity index (χ1v) is 11.1. The number of hydrogen-bond donors (Lipinski definition) is 1. The SMILES string of the molecule is Cc1cc(C)cc(NC(CC(=O)c2ccc(Br)cc2)(C(=O)OC(C)C)C(C)C)c1.O=C=O. The fraction of sp³-hybridized carbons (Fsp3) is 0.400. The molecule has 1 atom stereocenters. The van der Waals surface area contributed by atoms with Gasteiger partial charge in [0.25, 0.3) is 0 Å². The maximum atomic E-state index is 13.3. The number of anilines is 1. The number of carbonyl (C=O) groups excluding carboxylic acids is 4. The molecule has 0 heterocycles. The Bertz CT molecular complexity index is 943. The van der Waals surface area contributed by atoms with Crippen LogP contribution in [-0.2, 0) is 19.1 Å². The van der Waals surface area contributed by atoms with Crippen molar-refractivity contribution in [3.05, 3.63) is 63.6 Å². The lowest BCUT2D eigenvalue weighted by atomic mass is 9.80. The summed E-state index contributed by atoms with van der Waals surface area (Å²) in [6.45, 7) is 11.5. The Hall–Kier alpha value is -2.76. The predicted molar refractivity (Wildman–Crippen MR) is 126 cm³/mol. The molecule has 2 rings (SSSR count). The lowest BCUT2D eigenvalue weighted by molar-refractivity contribution is -0.191. The number of ether oxygens (including phenoxy) is 1. The number of benzene rings is 2. The second kappa shape index (κ2) is 12.3. The van der Waals surface area contributed by atoms with E-state index in [4.69, 9.17) is 14.3 Å². The number of ketones is 1. The van der Waals surface area contributed by atoms with E-state index in [1.54, 1.807) is 12.1 Å².